The Balaban J connectivity index is 1.47. The van der Waals surface area contributed by atoms with Crippen molar-refractivity contribution in [1.82, 2.24) is 20.1 Å². The second-order valence-corrected chi connectivity index (χ2v) is 6.91. The second kappa shape index (κ2) is 9.23. The van der Waals surface area contributed by atoms with E-state index in [-0.39, 0.29) is 11.8 Å². The lowest BCUT2D eigenvalue weighted by molar-refractivity contribution is -0.137. The first kappa shape index (κ1) is 21.1. The van der Waals surface area contributed by atoms with E-state index in [1.54, 1.807) is 24.3 Å². The van der Waals surface area contributed by atoms with Crippen LogP contribution in [-0.4, -0.2) is 67.0 Å². The van der Waals surface area contributed by atoms with Crippen LogP contribution in [0.2, 0.25) is 0 Å². The molecule has 0 bridgehead atoms. The molecule has 0 atom stereocenters. The van der Waals surface area contributed by atoms with Crippen LogP contribution < -0.4 is 10.1 Å². The number of amides is 1. The van der Waals surface area contributed by atoms with E-state index < -0.39 is 11.7 Å². The first-order chi connectivity index (χ1) is 13.8. The Hall–Kier alpha value is -2.65. The van der Waals surface area contributed by atoms with Gasteiger partial charge in [0.2, 0.25) is 5.88 Å². The summed E-state index contributed by atoms with van der Waals surface area (Å²) in [4.78, 5) is 20.5. The lowest BCUT2D eigenvalue weighted by Gasteiger charge is -2.32. The number of carbonyl (C=O) groups is 1. The van der Waals surface area contributed by atoms with Crippen molar-refractivity contribution in [2.45, 2.75) is 6.18 Å². The number of piperazine rings is 1. The molecule has 1 fully saturated rings. The summed E-state index contributed by atoms with van der Waals surface area (Å²) in [6, 6.07) is 8.42. The number of pyridine rings is 1. The number of carbonyl (C=O) groups excluding carboxylic acids is 1. The largest absolute Gasteiger partial charge is 0.439 e. The van der Waals surface area contributed by atoms with Crippen molar-refractivity contribution in [2.75, 3.05) is 46.3 Å². The quantitative estimate of drug-likeness (QED) is 0.797. The molecular formula is C20H23F3N4O2. The third-order valence-corrected chi connectivity index (χ3v) is 4.71. The van der Waals surface area contributed by atoms with Crippen molar-refractivity contribution in [3.63, 3.8) is 0 Å². The van der Waals surface area contributed by atoms with Crippen LogP contribution in [0.3, 0.4) is 0 Å². The second-order valence-electron chi connectivity index (χ2n) is 6.91. The predicted octanol–water partition coefficient (Wildman–Crippen LogP) is 2.87. The Bertz CT molecular complexity index is 802. The average Bonchev–Trinajstić information content (AvgIpc) is 2.70. The number of benzene rings is 1. The topological polar surface area (TPSA) is 57.7 Å². The molecule has 0 radical (unpaired) electrons. The number of halogens is 3. The standard InChI is InChI=1S/C20H23F3N4O2/c1-26-10-12-27(13-11-26)9-8-24-19(28)15-2-5-17(6-3-15)29-18-7-4-16(14-25-18)20(21,22)23/h2-7,14H,8-13H2,1H3,(H,24,28). The molecule has 3 rings (SSSR count). The van der Waals surface area contributed by atoms with Gasteiger partial charge in [-0.1, -0.05) is 0 Å². The van der Waals surface area contributed by atoms with E-state index in [0.29, 0.717) is 17.9 Å². The Morgan fingerprint density at radius 2 is 1.79 bits per heavy atom. The van der Waals surface area contributed by atoms with Crippen molar-refractivity contribution >= 4 is 5.91 Å². The normalized spacial score (nSPS) is 15.9. The molecule has 1 saturated heterocycles. The average molecular weight is 408 g/mol. The van der Waals surface area contributed by atoms with Crippen LogP contribution in [0.25, 0.3) is 0 Å². The summed E-state index contributed by atoms with van der Waals surface area (Å²) in [6.07, 6.45) is -3.72. The van der Waals surface area contributed by atoms with Crippen molar-refractivity contribution in [1.29, 1.82) is 0 Å². The third kappa shape index (κ3) is 6.16. The number of nitrogens with one attached hydrogen (secondary N) is 1. The van der Waals surface area contributed by atoms with Gasteiger partial charge < -0.3 is 15.0 Å². The lowest BCUT2D eigenvalue weighted by atomic mass is 10.2. The Morgan fingerprint density at radius 3 is 2.38 bits per heavy atom. The fraction of sp³-hybridized carbons (Fsp3) is 0.400. The van der Waals surface area contributed by atoms with Gasteiger partial charge >= 0.3 is 6.18 Å². The minimum Gasteiger partial charge on any atom is -0.439 e. The molecule has 156 valence electrons. The van der Waals surface area contributed by atoms with Crippen LogP contribution in [0, 0.1) is 0 Å². The van der Waals surface area contributed by atoms with Crippen LogP contribution in [0.15, 0.2) is 42.6 Å². The number of likely N-dealkylation sites (N-methyl/N-ethyl adjacent to an activating group) is 1. The minimum absolute atomic E-state index is 0.0439. The molecule has 2 heterocycles. The highest BCUT2D eigenvalue weighted by Gasteiger charge is 2.30. The fourth-order valence-electron chi connectivity index (χ4n) is 2.90. The Kier molecular flexibility index (Phi) is 6.71. The summed E-state index contributed by atoms with van der Waals surface area (Å²) in [6.45, 7) is 5.43. The molecule has 29 heavy (non-hydrogen) atoms. The number of aromatic nitrogens is 1. The number of alkyl halides is 3. The van der Waals surface area contributed by atoms with Gasteiger partial charge in [-0.3, -0.25) is 9.69 Å². The third-order valence-electron chi connectivity index (χ3n) is 4.71. The van der Waals surface area contributed by atoms with Crippen LogP contribution >= 0.6 is 0 Å². The maximum absolute atomic E-state index is 12.6. The highest BCUT2D eigenvalue weighted by Crippen LogP contribution is 2.30. The van der Waals surface area contributed by atoms with Crippen molar-refractivity contribution in [3.05, 3.63) is 53.7 Å². The number of ether oxygens (including phenoxy) is 1. The SMILES string of the molecule is CN1CCN(CCNC(=O)c2ccc(Oc3ccc(C(F)(F)F)cn3)cc2)CC1. The number of rotatable bonds is 6. The van der Waals surface area contributed by atoms with E-state index >= 15 is 0 Å². The summed E-state index contributed by atoms with van der Waals surface area (Å²) in [5.74, 6) is 0.243. The molecule has 1 amide bonds. The zero-order valence-corrected chi connectivity index (χ0v) is 16.1. The van der Waals surface area contributed by atoms with Crippen LogP contribution in [0.1, 0.15) is 15.9 Å². The van der Waals surface area contributed by atoms with Gasteiger partial charge in [0.1, 0.15) is 5.75 Å². The van der Waals surface area contributed by atoms with Crippen LogP contribution in [0.5, 0.6) is 11.6 Å². The Labute approximate surface area is 167 Å². The van der Waals surface area contributed by atoms with E-state index in [1.165, 1.54) is 0 Å². The summed E-state index contributed by atoms with van der Waals surface area (Å²) in [7, 11) is 2.10. The van der Waals surface area contributed by atoms with E-state index in [4.69, 9.17) is 4.74 Å². The van der Waals surface area contributed by atoms with Gasteiger partial charge in [0.15, 0.2) is 0 Å². The van der Waals surface area contributed by atoms with E-state index in [1.807, 2.05) is 0 Å². The zero-order valence-electron chi connectivity index (χ0n) is 16.1. The van der Waals surface area contributed by atoms with Crippen molar-refractivity contribution in [3.8, 4) is 11.6 Å². The lowest BCUT2D eigenvalue weighted by Crippen LogP contribution is -2.46. The monoisotopic (exact) mass is 408 g/mol. The first-order valence-electron chi connectivity index (χ1n) is 9.31. The molecule has 1 aliphatic rings. The van der Waals surface area contributed by atoms with E-state index in [0.717, 1.165) is 51.1 Å². The summed E-state index contributed by atoms with van der Waals surface area (Å²) in [5.41, 5.74) is -0.357. The number of nitrogens with zero attached hydrogens (tertiary/aromatic N) is 3. The van der Waals surface area contributed by atoms with Crippen molar-refractivity contribution < 1.29 is 22.7 Å². The van der Waals surface area contributed by atoms with Gasteiger partial charge in [-0.05, 0) is 37.4 Å². The highest BCUT2D eigenvalue weighted by molar-refractivity contribution is 5.94. The minimum atomic E-state index is -4.44. The zero-order chi connectivity index (χ0) is 20.9. The summed E-state index contributed by atoms with van der Waals surface area (Å²) in [5, 5.41) is 2.89. The molecule has 1 aliphatic heterocycles. The van der Waals surface area contributed by atoms with E-state index in [9.17, 15) is 18.0 Å². The first-order valence-corrected chi connectivity index (χ1v) is 9.31. The van der Waals surface area contributed by atoms with Gasteiger partial charge in [-0.15, -0.1) is 0 Å². The molecule has 0 unspecified atom stereocenters. The van der Waals surface area contributed by atoms with E-state index in [2.05, 4.69) is 27.1 Å². The van der Waals surface area contributed by atoms with Gasteiger partial charge in [0.05, 0.1) is 5.56 Å². The smallest absolute Gasteiger partial charge is 0.417 e. The van der Waals surface area contributed by atoms with Gasteiger partial charge in [-0.25, -0.2) is 4.98 Å². The number of hydrogen-bond donors (Lipinski definition) is 1. The van der Waals surface area contributed by atoms with Gasteiger partial charge in [-0.2, -0.15) is 13.2 Å². The highest BCUT2D eigenvalue weighted by atomic mass is 19.4. The molecule has 9 heteroatoms. The van der Waals surface area contributed by atoms with Crippen molar-refractivity contribution in [2.24, 2.45) is 0 Å². The maximum Gasteiger partial charge on any atom is 0.417 e. The van der Waals surface area contributed by atoms with Gasteiger partial charge in [0.25, 0.3) is 5.91 Å². The van der Waals surface area contributed by atoms with Gasteiger partial charge in [0, 0.05) is 57.1 Å². The predicted molar refractivity (Wildman–Crippen MR) is 102 cm³/mol. The summed E-state index contributed by atoms with van der Waals surface area (Å²) >= 11 is 0. The molecule has 1 aromatic carbocycles. The maximum atomic E-state index is 12.6. The molecular weight excluding hydrogens is 385 g/mol. The Morgan fingerprint density at radius 1 is 1.10 bits per heavy atom. The molecule has 2 aromatic rings. The molecule has 1 aromatic heterocycles. The molecule has 0 aliphatic carbocycles. The van der Waals surface area contributed by atoms with Crippen LogP contribution in [-0.2, 0) is 6.18 Å². The summed E-state index contributed by atoms with van der Waals surface area (Å²) < 4.78 is 43.1. The fourth-order valence-corrected chi connectivity index (χ4v) is 2.90. The molecule has 1 N–H and O–H groups in total. The number of hydrogen-bond acceptors (Lipinski definition) is 5. The molecule has 0 spiro atoms. The van der Waals surface area contributed by atoms with Crippen LogP contribution in [0.4, 0.5) is 13.2 Å². The molecule has 0 saturated carbocycles. The molecule has 6 nitrogen and oxygen atoms in total.